The van der Waals surface area contributed by atoms with Gasteiger partial charge in [-0.2, -0.15) is 0 Å². The van der Waals surface area contributed by atoms with Crippen LogP contribution in [0.25, 0.3) is 0 Å². The number of anilines is 1. The van der Waals surface area contributed by atoms with E-state index in [2.05, 4.69) is 18.7 Å². The third-order valence-corrected chi connectivity index (χ3v) is 5.81. The maximum absolute atomic E-state index is 12.0. The lowest BCUT2D eigenvalue weighted by molar-refractivity contribution is -0.145. The highest BCUT2D eigenvalue weighted by molar-refractivity contribution is 7.15. The third-order valence-electron chi connectivity index (χ3n) is 4.64. The van der Waals surface area contributed by atoms with Crippen LogP contribution in [0.4, 0.5) is 5.13 Å². The Balaban J connectivity index is 1.81. The Bertz CT molecular complexity index is 528. The molecular formula is C16H24N2O2S. The van der Waals surface area contributed by atoms with Crippen molar-refractivity contribution in [1.82, 2.24) is 4.98 Å². The summed E-state index contributed by atoms with van der Waals surface area (Å²) in [5.41, 5.74) is 0.985. The number of hydrogen-bond donors (Lipinski definition) is 0. The predicted molar refractivity (Wildman–Crippen MR) is 85.0 cm³/mol. The van der Waals surface area contributed by atoms with Gasteiger partial charge in [0.05, 0.1) is 12.3 Å². The van der Waals surface area contributed by atoms with Gasteiger partial charge in [-0.05, 0) is 45.4 Å². The number of fused-ring (bicyclic) bond motifs is 1. The van der Waals surface area contributed by atoms with E-state index in [0.717, 1.165) is 36.1 Å². The van der Waals surface area contributed by atoms with E-state index in [1.54, 1.807) is 11.3 Å². The number of thiazole rings is 1. The SMILES string of the molecule is CCOC(=O)C1CCc2sc(N3CC(C)CCC3C)nc21. The van der Waals surface area contributed by atoms with Gasteiger partial charge in [0.25, 0.3) is 0 Å². The minimum atomic E-state index is -0.137. The van der Waals surface area contributed by atoms with Gasteiger partial charge >= 0.3 is 5.97 Å². The summed E-state index contributed by atoms with van der Waals surface area (Å²) in [6.45, 7) is 7.97. The number of hydrogen-bond acceptors (Lipinski definition) is 5. The molecule has 1 aromatic rings. The lowest BCUT2D eigenvalue weighted by Crippen LogP contribution is -2.41. The fraction of sp³-hybridized carbons (Fsp3) is 0.750. The number of rotatable bonds is 3. The monoisotopic (exact) mass is 308 g/mol. The number of carbonyl (C=O) groups excluding carboxylic acids is 1. The third kappa shape index (κ3) is 2.80. The van der Waals surface area contributed by atoms with Crippen molar-refractivity contribution in [3.8, 4) is 0 Å². The zero-order chi connectivity index (χ0) is 15.0. The highest BCUT2D eigenvalue weighted by Gasteiger charge is 2.35. The Labute approximate surface area is 130 Å². The molecule has 2 aliphatic rings. The van der Waals surface area contributed by atoms with Crippen molar-refractivity contribution in [1.29, 1.82) is 0 Å². The van der Waals surface area contributed by atoms with Crippen molar-refractivity contribution in [3.63, 3.8) is 0 Å². The molecule has 116 valence electrons. The Morgan fingerprint density at radius 3 is 2.95 bits per heavy atom. The Morgan fingerprint density at radius 1 is 1.38 bits per heavy atom. The van der Waals surface area contributed by atoms with E-state index in [0.29, 0.717) is 12.6 Å². The van der Waals surface area contributed by atoms with E-state index in [9.17, 15) is 4.79 Å². The number of piperidine rings is 1. The fourth-order valence-electron chi connectivity index (χ4n) is 3.36. The molecule has 1 aliphatic heterocycles. The van der Waals surface area contributed by atoms with Gasteiger partial charge in [-0.1, -0.05) is 6.92 Å². The molecule has 3 unspecified atom stereocenters. The molecular weight excluding hydrogens is 284 g/mol. The second kappa shape index (κ2) is 5.95. The molecule has 1 fully saturated rings. The zero-order valence-corrected chi connectivity index (χ0v) is 13.9. The zero-order valence-electron chi connectivity index (χ0n) is 13.1. The summed E-state index contributed by atoms with van der Waals surface area (Å²) in [5, 5.41) is 1.10. The second-order valence-corrected chi connectivity index (χ2v) is 7.39. The molecule has 2 heterocycles. The van der Waals surface area contributed by atoms with E-state index >= 15 is 0 Å². The van der Waals surface area contributed by atoms with Crippen LogP contribution in [0.5, 0.6) is 0 Å². The minimum absolute atomic E-state index is 0.104. The first-order valence-corrected chi connectivity index (χ1v) is 8.84. The molecule has 1 aromatic heterocycles. The van der Waals surface area contributed by atoms with Gasteiger partial charge < -0.3 is 9.64 Å². The fourth-order valence-corrected chi connectivity index (χ4v) is 4.61. The number of aryl methyl sites for hydroxylation is 1. The number of aromatic nitrogens is 1. The summed E-state index contributed by atoms with van der Waals surface area (Å²) in [5.74, 6) is 0.483. The summed E-state index contributed by atoms with van der Waals surface area (Å²) < 4.78 is 5.19. The van der Waals surface area contributed by atoms with Gasteiger partial charge in [-0.15, -0.1) is 11.3 Å². The summed E-state index contributed by atoms with van der Waals surface area (Å²) in [4.78, 5) is 20.6. The van der Waals surface area contributed by atoms with Crippen LogP contribution in [-0.4, -0.2) is 30.1 Å². The quantitative estimate of drug-likeness (QED) is 0.803. The van der Waals surface area contributed by atoms with Gasteiger partial charge in [0.1, 0.15) is 5.92 Å². The lowest BCUT2D eigenvalue weighted by atomic mass is 9.96. The van der Waals surface area contributed by atoms with Crippen LogP contribution in [0, 0.1) is 5.92 Å². The van der Waals surface area contributed by atoms with Crippen LogP contribution in [0.1, 0.15) is 56.5 Å². The average molecular weight is 308 g/mol. The Kier molecular flexibility index (Phi) is 4.20. The predicted octanol–water partition coefficient (Wildman–Crippen LogP) is 3.36. The highest BCUT2D eigenvalue weighted by atomic mass is 32.1. The molecule has 4 nitrogen and oxygen atoms in total. The first-order chi connectivity index (χ1) is 10.1. The minimum Gasteiger partial charge on any atom is -0.465 e. The summed E-state index contributed by atoms with van der Waals surface area (Å²) >= 11 is 1.78. The molecule has 5 heteroatoms. The van der Waals surface area contributed by atoms with Crippen molar-refractivity contribution in [2.24, 2.45) is 5.92 Å². The first kappa shape index (κ1) is 14.8. The molecule has 0 amide bonds. The van der Waals surface area contributed by atoms with E-state index in [4.69, 9.17) is 9.72 Å². The largest absolute Gasteiger partial charge is 0.465 e. The van der Waals surface area contributed by atoms with Crippen molar-refractivity contribution >= 4 is 22.4 Å². The highest BCUT2D eigenvalue weighted by Crippen LogP contribution is 2.41. The van der Waals surface area contributed by atoms with Gasteiger partial charge in [-0.25, -0.2) is 4.98 Å². The van der Waals surface area contributed by atoms with Crippen LogP contribution in [0.15, 0.2) is 0 Å². The van der Waals surface area contributed by atoms with Gasteiger partial charge in [0.2, 0.25) is 0 Å². The van der Waals surface area contributed by atoms with Crippen LogP contribution >= 0.6 is 11.3 Å². The smallest absolute Gasteiger partial charge is 0.315 e. The molecule has 0 saturated carbocycles. The Morgan fingerprint density at radius 2 is 2.19 bits per heavy atom. The molecule has 21 heavy (non-hydrogen) atoms. The van der Waals surface area contributed by atoms with Crippen LogP contribution in [-0.2, 0) is 16.0 Å². The van der Waals surface area contributed by atoms with Crippen LogP contribution in [0.3, 0.4) is 0 Å². The van der Waals surface area contributed by atoms with Crippen LogP contribution in [0.2, 0.25) is 0 Å². The molecule has 0 N–H and O–H groups in total. The van der Waals surface area contributed by atoms with E-state index in [-0.39, 0.29) is 11.9 Å². The van der Waals surface area contributed by atoms with E-state index in [1.165, 1.54) is 17.7 Å². The van der Waals surface area contributed by atoms with E-state index in [1.807, 2.05) is 6.92 Å². The van der Waals surface area contributed by atoms with Gasteiger partial charge in [0.15, 0.2) is 5.13 Å². The second-order valence-electron chi connectivity index (χ2n) is 6.33. The molecule has 3 atom stereocenters. The first-order valence-electron chi connectivity index (χ1n) is 8.03. The number of esters is 1. The molecule has 3 rings (SSSR count). The van der Waals surface area contributed by atoms with Crippen molar-refractivity contribution < 1.29 is 9.53 Å². The Hall–Kier alpha value is -1.10. The van der Waals surface area contributed by atoms with Crippen molar-refractivity contribution in [2.45, 2.75) is 58.4 Å². The molecule has 0 bridgehead atoms. The summed E-state index contributed by atoms with van der Waals surface area (Å²) in [6, 6.07) is 0.550. The molecule has 0 aromatic carbocycles. The van der Waals surface area contributed by atoms with E-state index < -0.39 is 0 Å². The standard InChI is InChI=1S/C16H24N2O2S/c1-4-20-15(19)12-7-8-13-14(12)17-16(21-13)18-9-10(2)5-6-11(18)3/h10-12H,4-9H2,1-3H3. The number of ether oxygens (including phenoxy) is 1. The molecule has 1 saturated heterocycles. The maximum Gasteiger partial charge on any atom is 0.315 e. The number of carbonyl (C=O) groups is 1. The molecule has 0 spiro atoms. The van der Waals surface area contributed by atoms with Crippen molar-refractivity contribution in [3.05, 3.63) is 10.6 Å². The lowest BCUT2D eigenvalue weighted by Gasteiger charge is -2.36. The summed E-state index contributed by atoms with van der Waals surface area (Å²) in [6.07, 6.45) is 4.36. The topological polar surface area (TPSA) is 42.4 Å². The van der Waals surface area contributed by atoms with Crippen LogP contribution < -0.4 is 4.90 Å². The normalized spacial score (nSPS) is 28.5. The summed E-state index contributed by atoms with van der Waals surface area (Å²) in [7, 11) is 0. The maximum atomic E-state index is 12.0. The number of nitrogens with zero attached hydrogens (tertiary/aromatic N) is 2. The van der Waals surface area contributed by atoms with Crippen molar-refractivity contribution in [2.75, 3.05) is 18.1 Å². The average Bonchev–Trinajstić information content (AvgIpc) is 3.01. The molecule has 1 aliphatic carbocycles. The van der Waals surface area contributed by atoms with Gasteiger partial charge in [-0.3, -0.25) is 4.79 Å². The molecule has 0 radical (unpaired) electrons. The van der Waals surface area contributed by atoms with Gasteiger partial charge in [0, 0.05) is 17.5 Å².